The quantitative estimate of drug-likeness (QED) is 0.0745. The number of hydrogen-bond acceptors (Lipinski definition) is 17. The molecule has 8 heterocycles. The fraction of sp³-hybridized carbons (Fsp3) is 0.463. The molecular weight excluding hydrogens is 983 g/mol. The van der Waals surface area contributed by atoms with Crippen LogP contribution in [-0.4, -0.2) is 154 Å². The topological polar surface area (TPSA) is 205 Å². The Morgan fingerprint density at radius 3 is 2.25 bits per heavy atom. The molecular formula is C54H64F2N12O6S. The van der Waals surface area contributed by atoms with Crippen LogP contribution >= 0.6 is 11.3 Å². The number of carbonyl (C=O) groups excluding carboxylic acids is 2. The second kappa shape index (κ2) is 22.9. The Morgan fingerprint density at radius 2 is 1.59 bits per heavy atom. The molecule has 18 nitrogen and oxygen atoms in total. The maximum atomic E-state index is 14.5. The molecule has 396 valence electrons. The van der Waals surface area contributed by atoms with Crippen LogP contribution in [0.25, 0.3) is 21.7 Å². The van der Waals surface area contributed by atoms with Crippen molar-refractivity contribution in [3.8, 4) is 39.2 Å². The van der Waals surface area contributed by atoms with Crippen molar-refractivity contribution in [3.63, 3.8) is 0 Å². The van der Waals surface area contributed by atoms with Crippen molar-refractivity contribution in [2.45, 2.75) is 83.0 Å². The molecule has 75 heavy (non-hydrogen) atoms. The van der Waals surface area contributed by atoms with E-state index in [1.54, 1.807) is 48.0 Å². The SMILES string of the molecule is Cc1ncsc1-c1ccc([C@@H](NC(=O)[C@@H]2CCCN2C(=O)[C@H](c2cc(OCCN3CCN(CCOc4cc(N5C6CCC5CN(c5cc(-c7ccccc7O)nnc5N)C6)ccn4)CC3)no2)C(C)C)C(F)F)cc1. The molecule has 4 saturated heterocycles. The van der Waals surface area contributed by atoms with E-state index in [0.29, 0.717) is 67.9 Å². The predicted molar refractivity (Wildman–Crippen MR) is 281 cm³/mol. The Hall–Kier alpha value is -6.97. The normalized spacial score (nSPS) is 20.0. The van der Waals surface area contributed by atoms with E-state index in [1.165, 1.54) is 16.2 Å². The lowest BCUT2D eigenvalue weighted by Crippen LogP contribution is -2.54. The van der Waals surface area contributed by atoms with Gasteiger partial charge >= 0.3 is 0 Å². The molecule has 2 bridgehead atoms. The number of benzene rings is 2. The van der Waals surface area contributed by atoms with E-state index in [2.05, 4.69) is 56.3 Å². The minimum absolute atomic E-state index is 0.149. The Balaban J connectivity index is 0.657. The number of carbonyl (C=O) groups is 2. The number of nitrogens with one attached hydrogen (secondary N) is 1. The van der Waals surface area contributed by atoms with Crippen LogP contribution in [0.5, 0.6) is 17.5 Å². The summed E-state index contributed by atoms with van der Waals surface area (Å²) >= 11 is 1.47. The molecule has 6 aromatic rings. The Kier molecular flexibility index (Phi) is 15.7. The second-order valence-corrected chi connectivity index (χ2v) is 21.0. The zero-order valence-electron chi connectivity index (χ0n) is 42.4. The van der Waals surface area contributed by atoms with Gasteiger partial charge in [-0.05, 0) is 79.1 Å². The van der Waals surface area contributed by atoms with Gasteiger partial charge in [-0.15, -0.1) is 21.5 Å². The number of piperazine rings is 2. The molecule has 2 amide bonds. The molecule has 4 aromatic heterocycles. The number of para-hydroxylation sites is 1. The molecule has 2 unspecified atom stereocenters. The number of nitrogen functional groups attached to an aromatic ring is 1. The molecule has 5 atom stereocenters. The van der Waals surface area contributed by atoms with Gasteiger partial charge in [0.1, 0.15) is 37.0 Å². The molecule has 21 heteroatoms. The van der Waals surface area contributed by atoms with Gasteiger partial charge < -0.3 is 44.9 Å². The third-order valence-corrected chi connectivity index (χ3v) is 16.0. The number of rotatable bonds is 19. The summed E-state index contributed by atoms with van der Waals surface area (Å²) in [5.74, 6) is -0.181. The Morgan fingerprint density at radius 1 is 0.880 bits per heavy atom. The first kappa shape index (κ1) is 51.5. The largest absolute Gasteiger partial charge is 0.507 e. The van der Waals surface area contributed by atoms with E-state index in [-0.39, 0.29) is 41.1 Å². The highest BCUT2D eigenvalue weighted by Crippen LogP contribution is 2.40. The summed E-state index contributed by atoms with van der Waals surface area (Å²) < 4.78 is 46.9. The number of pyridine rings is 1. The number of ether oxygens (including phenoxy) is 2. The first-order chi connectivity index (χ1) is 36.4. The number of nitrogens with two attached hydrogens (primary N) is 1. The maximum Gasteiger partial charge on any atom is 0.262 e. The number of alkyl halides is 2. The molecule has 10 rings (SSSR count). The van der Waals surface area contributed by atoms with E-state index < -0.39 is 30.3 Å². The van der Waals surface area contributed by atoms with E-state index in [1.807, 2.05) is 51.2 Å². The summed E-state index contributed by atoms with van der Waals surface area (Å²) in [5, 5.41) is 25.7. The lowest BCUT2D eigenvalue weighted by molar-refractivity contribution is -0.141. The molecule has 4 N–H and O–H groups in total. The number of amides is 2. The lowest BCUT2D eigenvalue weighted by Gasteiger charge is -2.43. The van der Waals surface area contributed by atoms with Gasteiger partial charge in [-0.2, -0.15) is 0 Å². The summed E-state index contributed by atoms with van der Waals surface area (Å²) in [4.78, 5) is 48.6. The molecule has 0 radical (unpaired) electrons. The summed E-state index contributed by atoms with van der Waals surface area (Å²) in [5.41, 5.74) is 13.2. The molecule has 4 aliphatic heterocycles. The number of phenols is 1. The molecule has 4 fully saturated rings. The standard InChI is InChI=1S/C54H64F2N12O6S/c1-33(2)48(54(71)67-18-6-8-42(67)53(70)60-49(51(55)56)35-10-12-36(13-11-35)50-34(3)59-32-75-50)45-29-47(63-74-45)73-26-24-65-21-19-64(20-22-65)23-25-72-46-27-37(16-17-58-46)68-38-14-15-39(68)31-66(30-38)43-28-41(61-62-52(43)57)40-7-4-5-9-44(40)69/h4-5,7,9-13,16-17,27-29,32-33,38-39,42,48-49,51,69H,6,8,14-15,18-26,30-31H2,1-3H3,(H2,57,62)(H,60,70)/t38?,39?,42-,48-,49+/m0/s1. The van der Waals surface area contributed by atoms with Crippen LogP contribution < -0.4 is 30.3 Å². The van der Waals surface area contributed by atoms with Crippen molar-refractivity contribution in [1.29, 1.82) is 0 Å². The molecule has 0 aliphatic carbocycles. The number of fused-ring (bicyclic) bond motifs is 2. The first-order valence-electron chi connectivity index (χ1n) is 25.9. The average Bonchev–Trinajstić information content (AvgIpc) is 4.24. The number of thiazole rings is 1. The highest BCUT2D eigenvalue weighted by Gasteiger charge is 2.43. The predicted octanol–water partition coefficient (Wildman–Crippen LogP) is 7.03. The van der Waals surface area contributed by atoms with Gasteiger partial charge in [-0.3, -0.25) is 19.4 Å². The van der Waals surface area contributed by atoms with E-state index >= 15 is 0 Å². The molecule has 4 aliphatic rings. The van der Waals surface area contributed by atoms with Gasteiger partial charge in [0.25, 0.3) is 12.3 Å². The zero-order valence-corrected chi connectivity index (χ0v) is 43.2. The van der Waals surface area contributed by atoms with Crippen LogP contribution in [-0.2, 0) is 9.59 Å². The number of aromatic hydroxyl groups is 1. The van der Waals surface area contributed by atoms with Crippen LogP contribution in [0.15, 0.2) is 89.0 Å². The van der Waals surface area contributed by atoms with Gasteiger partial charge in [0.15, 0.2) is 11.6 Å². The molecule has 2 aromatic carbocycles. The number of phenolic OH excluding ortho intramolecular Hbond substituents is 1. The monoisotopic (exact) mass is 1050 g/mol. The van der Waals surface area contributed by atoms with E-state index in [4.69, 9.17) is 19.7 Å². The highest BCUT2D eigenvalue weighted by atomic mass is 32.1. The summed E-state index contributed by atoms with van der Waals surface area (Å²) in [6.45, 7) is 13.4. The lowest BCUT2D eigenvalue weighted by atomic mass is 9.91. The van der Waals surface area contributed by atoms with Crippen molar-refractivity contribution in [2.75, 3.05) is 87.7 Å². The van der Waals surface area contributed by atoms with Crippen LogP contribution in [0.4, 0.5) is 26.0 Å². The van der Waals surface area contributed by atoms with Crippen molar-refractivity contribution in [2.24, 2.45) is 5.92 Å². The van der Waals surface area contributed by atoms with Crippen LogP contribution in [0.3, 0.4) is 0 Å². The van der Waals surface area contributed by atoms with Crippen molar-refractivity contribution < 1.29 is 37.5 Å². The summed E-state index contributed by atoms with van der Waals surface area (Å²) in [7, 11) is 0. The van der Waals surface area contributed by atoms with Gasteiger partial charge in [-0.25, -0.2) is 18.7 Å². The Bertz CT molecular complexity index is 2900. The molecule has 0 spiro atoms. The fourth-order valence-corrected chi connectivity index (χ4v) is 11.9. The van der Waals surface area contributed by atoms with Crippen molar-refractivity contribution in [1.82, 2.24) is 45.3 Å². The number of aryl methyl sites for hydroxylation is 1. The smallest absolute Gasteiger partial charge is 0.262 e. The number of nitrogens with zero attached hydrogens (tertiary/aromatic N) is 10. The number of aromatic nitrogens is 5. The maximum absolute atomic E-state index is 14.5. The first-order valence-corrected chi connectivity index (χ1v) is 26.7. The zero-order chi connectivity index (χ0) is 52.2. The summed E-state index contributed by atoms with van der Waals surface area (Å²) in [6.07, 6.45) is 1.99. The van der Waals surface area contributed by atoms with Crippen LogP contribution in [0, 0.1) is 12.8 Å². The number of hydrogen-bond donors (Lipinski definition) is 3. The van der Waals surface area contributed by atoms with E-state index in [0.717, 1.165) is 86.2 Å². The van der Waals surface area contributed by atoms with Crippen LogP contribution in [0.1, 0.15) is 68.5 Å². The fourth-order valence-electron chi connectivity index (χ4n) is 11.1. The van der Waals surface area contributed by atoms with Gasteiger partial charge in [0, 0.05) is 101 Å². The molecule has 0 saturated carbocycles. The number of anilines is 3. The third kappa shape index (κ3) is 11.5. The van der Waals surface area contributed by atoms with Gasteiger partial charge in [0.2, 0.25) is 17.7 Å². The number of likely N-dealkylation sites (tertiary alicyclic amines) is 1. The van der Waals surface area contributed by atoms with Gasteiger partial charge in [-0.1, -0.05) is 50.2 Å². The second-order valence-electron chi connectivity index (χ2n) is 20.1. The average molecular weight is 1050 g/mol. The highest BCUT2D eigenvalue weighted by molar-refractivity contribution is 7.13. The minimum atomic E-state index is -2.86. The van der Waals surface area contributed by atoms with E-state index in [9.17, 15) is 23.5 Å². The minimum Gasteiger partial charge on any atom is -0.507 e. The third-order valence-electron chi connectivity index (χ3n) is 15.0. The van der Waals surface area contributed by atoms with Crippen LogP contribution in [0.2, 0.25) is 0 Å². The number of halogens is 2. The van der Waals surface area contributed by atoms with Crippen molar-refractivity contribution in [3.05, 3.63) is 102 Å². The van der Waals surface area contributed by atoms with Crippen molar-refractivity contribution >= 4 is 40.3 Å². The summed E-state index contributed by atoms with van der Waals surface area (Å²) in [6, 6.07) is 19.6. The Labute approximate surface area is 438 Å². The van der Waals surface area contributed by atoms with Gasteiger partial charge in [0.05, 0.1) is 27.5 Å².